The first-order valence-electron chi connectivity index (χ1n) is 9.33. The molecule has 0 spiro atoms. The number of Topliss-reactive ketones (excluding diaryl/α,β-unsaturated/α-hetero) is 1. The van der Waals surface area contributed by atoms with Crippen LogP contribution in [0.15, 0.2) is 0 Å². The van der Waals surface area contributed by atoms with Gasteiger partial charge >= 0.3 is 0 Å². The van der Waals surface area contributed by atoms with Crippen LogP contribution in [-0.4, -0.2) is 40.2 Å². The Morgan fingerprint density at radius 3 is 2.76 bits per heavy atom. The van der Waals surface area contributed by atoms with Crippen LogP contribution in [0.3, 0.4) is 0 Å². The Morgan fingerprint density at radius 1 is 1.36 bits per heavy atom. The van der Waals surface area contributed by atoms with Crippen LogP contribution >= 0.6 is 11.3 Å². The largest absolute Gasteiger partial charge is 0.359 e. The van der Waals surface area contributed by atoms with Gasteiger partial charge in [-0.05, 0) is 18.8 Å². The molecule has 0 unspecified atom stereocenters. The van der Waals surface area contributed by atoms with Crippen LogP contribution in [-0.2, 0) is 11.3 Å². The lowest BCUT2D eigenvalue weighted by atomic mass is 9.96. The number of thiazole rings is 1. The van der Waals surface area contributed by atoms with E-state index in [1.165, 1.54) is 30.6 Å². The van der Waals surface area contributed by atoms with Gasteiger partial charge in [-0.1, -0.05) is 50.9 Å². The zero-order valence-corrected chi connectivity index (χ0v) is 15.9. The number of aromatic nitrogens is 1. The predicted molar refractivity (Wildman–Crippen MR) is 99.8 cm³/mol. The van der Waals surface area contributed by atoms with Crippen molar-refractivity contribution < 1.29 is 9.59 Å². The normalized spacial score (nSPS) is 20.9. The van der Waals surface area contributed by atoms with Crippen molar-refractivity contribution in [3.05, 3.63) is 10.6 Å². The third kappa shape index (κ3) is 4.03. The monoisotopic (exact) mass is 364 g/mol. The minimum Gasteiger partial charge on any atom is -0.359 e. The number of fused-ring (bicyclic) bond motifs is 1. The summed E-state index contributed by atoms with van der Waals surface area (Å²) in [5.74, 6) is -0.0775. The summed E-state index contributed by atoms with van der Waals surface area (Å²) in [6, 6.07) is -0.106. The van der Waals surface area contributed by atoms with Crippen molar-refractivity contribution in [2.75, 3.05) is 11.9 Å². The van der Waals surface area contributed by atoms with Crippen molar-refractivity contribution in [1.82, 2.24) is 9.88 Å². The van der Waals surface area contributed by atoms with Crippen LogP contribution in [0.2, 0.25) is 0 Å². The Balaban J connectivity index is 1.69. The maximum Gasteiger partial charge on any atom is 0.240 e. The minimum atomic E-state index is -0.558. The third-order valence-electron chi connectivity index (χ3n) is 5.41. The molecule has 3 N–H and O–H groups in total. The molecule has 25 heavy (non-hydrogen) atoms. The molecule has 1 aliphatic carbocycles. The number of hydrogen-bond acceptors (Lipinski definition) is 6. The molecule has 1 aliphatic heterocycles. The van der Waals surface area contributed by atoms with Gasteiger partial charge < -0.3 is 16.0 Å². The standard InChI is InChI=1S/C18H28N4O2S/c1-3-11(2)15(19)17(24)22-9-13-16(14(23)10-22)25-18(21-13)20-12-7-5-4-6-8-12/h11-12,15H,3-10,19H2,1-2H3,(H,20,21)/t11-,15-/m0/s1. The first kappa shape index (κ1) is 18.3. The summed E-state index contributed by atoms with van der Waals surface area (Å²) in [4.78, 5) is 31.9. The first-order chi connectivity index (χ1) is 12.0. The molecule has 0 bridgehead atoms. The fourth-order valence-electron chi connectivity index (χ4n) is 3.51. The molecule has 0 saturated heterocycles. The summed E-state index contributed by atoms with van der Waals surface area (Å²) in [7, 11) is 0. The van der Waals surface area contributed by atoms with Gasteiger partial charge in [0.05, 0.1) is 29.7 Å². The molecule has 138 valence electrons. The van der Waals surface area contributed by atoms with Crippen LogP contribution in [0, 0.1) is 5.92 Å². The molecule has 1 amide bonds. The van der Waals surface area contributed by atoms with Gasteiger partial charge in [0, 0.05) is 6.04 Å². The topological polar surface area (TPSA) is 88.3 Å². The highest BCUT2D eigenvalue weighted by atomic mass is 32.1. The lowest BCUT2D eigenvalue weighted by molar-refractivity contribution is -0.134. The Morgan fingerprint density at radius 2 is 2.08 bits per heavy atom. The van der Waals surface area contributed by atoms with Crippen molar-refractivity contribution in [3.8, 4) is 0 Å². The number of hydrogen-bond donors (Lipinski definition) is 2. The van der Waals surface area contributed by atoms with E-state index in [9.17, 15) is 9.59 Å². The number of ketones is 1. The average Bonchev–Trinajstić information content (AvgIpc) is 3.03. The van der Waals surface area contributed by atoms with Crippen LogP contribution < -0.4 is 11.1 Å². The van der Waals surface area contributed by atoms with Gasteiger partial charge in [-0.2, -0.15) is 0 Å². The lowest BCUT2D eigenvalue weighted by Crippen LogP contribution is -2.49. The molecule has 3 rings (SSSR count). The van der Waals surface area contributed by atoms with Crippen LogP contribution in [0.5, 0.6) is 0 Å². The Kier molecular flexibility index (Phi) is 5.74. The maximum atomic E-state index is 12.6. The molecule has 1 aromatic rings. The van der Waals surface area contributed by atoms with Crippen molar-refractivity contribution in [1.29, 1.82) is 0 Å². The van der Waals surface area contributed by atoms with Gasteiger partial charge in [0.25, 0.3) is 0 Å². The number of nitrogens with one attached hydrogen (secondary N) is 1. The Labute approximate surface area is 153 Å². The highest BCUT2D eigenvalue weighted by Crippen LogP contribution is 2.31. The van der Waals surface area contributed by atoms with Gasteiger partial charge in [0.1, 0.15) is 0 Å². The maximum absolute atomic E-state index is 12.6. The molecule has 2 aliphatic rings. The van der Waals surface area contributed by atoms with Crippen molar-refractivity contribution in [2.45, 2.75) is 71.0 Å². The van der Waals surface area contributed by atoms with Crippen LogP contribution in [0.4, 0.5) is 5.13 Å². The molecule has 1 saturated carbocycles. The van der Waals surface area contributed by atoms with Crippen molar-refractivity contribution >= 4 is 28.2 Å². The molecule has 0 radical (unpaired) electrons. The second-order valence-electron chi connectivity index (χ2n) is 7.30. The fraction of sp³-hybridized carbons (Fsp3) is 0.722. The van der Waals surface area contributed by atoms with E-state index in [-0.39, 0.29) is 24.2 Å². The van der Waals surface area contributed by atoms with E-state index >= 15 is 0 Å². The second-order valence-corrected chi connectivity index (χ2v) is 8.30. The third-order valence-corrected chi connectivity index (χ3v) is 6.48. The first-order valence-corrected chi connectivity index (χ1v) is 10.1. The summed E-state index contributed by atoms with van der Waals surface area (Å²) < 4.78 is 0. The average molecular weight is 365 g/mol. The summed E-state index contributed by atoms with van der Waals surface area (Å²) in [5.41, 5.74) is 6.78. The number of amides is 1. The predicted octanol–water partition coefficient (Wildman–Crippen LogP) is 2.79. The summed E-state index contributed by atoms with van der Waals surface area (Å²) >= 11 is 1.43. The lowest BCUT2D eigenvalue weighted by Gasteiger charge is -2.29. The zero-order chi connectivity index (χ0) is 18.0. The summed E-state index contributed by atoms with van der Waals surface area (Å²) in [5, 5.41) is 4.29. The molecule has 6 nitrogen and oxygen atoms in total. The van der Waals surface area contributed by atoms with E-state index in [2.05, 4.69) is 10.3 Å². The minimum absolute atomic E-state index is 0.0276. The van der Waals surface area contributed by atoms with Gasteiger partial charge in [-0.25, -0.2) is 4.98 Å². The van der Waals surface area contributed by atoms with E-state index in [1.54, 1.807) is 4.90 Å². The van der Waals surface area contributed by atoms with E-state index in [1.807, 2.05) is 13.8 Å². The molecule has 2 atom stereocenters. The van der Waals surface area contributed by atoms with Gasteiger partial charge in [0.2, 0.25) is 5.91 Å². The molecule has 1 fully saturated rings. The van der Waals surface area contributed by atoms with Crippen LogP contribution in [0.1, 0.15) is 67.7 Å². The van der Waals surface area contributed by atoms with Crippen molar-refractivity contribution in [2.24, 2.45) is 11.7 Å². The van der Waals surface area contributed by atoms with E-state index in [0.717, 1.165) is 24.4 Å². The summed E-state index contributed by atoms with van der Waals surface area (Å²) in [6.45, 7) is 4.48. The van der Waals surface area contributed by atoms with E-state index in [4.69, 9.17) is 5.73 Å². The van der Waals surface area contributed by atoms with Gasteiger partial charge in [-0.15, -0.1) is 0 Å². The van der Waals surface area contributed by atoms with Gasteiger partial charge in [-0.3, -0.25) is 9.59 Å². The highest BCUT2D eigenvalue weighted by molar-refractivity contribution is 7.17. The molecular weight excluding hydrogens is 336 g/mol. The molecule has 0 aromatic carbocycles. The molecule has 1 aromatic heterocycles. The molecular formula is C18H28N4O2S. The van der Waals surface area contributed by atoms with Gasteiger partial charge in [0.15, 0.2) is 10.9 Å². The number of nitrogens with two attached hydrogens (primary N) is 1. The van der Waals surface area contributed by atoms with Crippen LogP contribution in [0.25, 0.3) is 0 Å². The summed E-state index contributed by atoms with van der Waals surface area (Å²) in [6.07, 6.45) is 6.96. The van der Waals surface area contributed by atoms with E-state index < -0.39 is 6.04 Å². The zero-order valence-electron chi connectivity index (χ0n) is 15.1. The number of carbonyl (C=O) groups excluding carboxylic acids is 2. The SMILES string of the molecule is CC[C@H](C)[C@H](N)C(=O)N1CC(=O)c2sc(NC3CCCCC3)nc2C1. The van der Waals surface area contributed by atoms with E-state index in [0.29, 0.717) is 23.2 Å². The number of anilines is 1. The second kappa shape index (κ2) is 7.83. The highest BCUT2D eigenvalue weighted by Gasteiger charge is 2.33. The number of nitrogens with zero attached hydrogens (tertiary/aromatic N) is 2. The Bertz CT molecular complexity index is 639. The number of rotatable bonds is 5. The Hall–Kier alpha value is -1.47. The molecule has 2 heterocycles. The quantitative estimate of drug-likeness (QED) is 0.839. The number of carbonyl (C=O) groups is 2. The van der Waals surface area contributed by atoms with Crippen molar-refractivity contribution in [3.63, 3.8) is 0 Å². The molecule has 7 heteroatoms. The smallest absolute Gasteiger partial charge is 0.240 e. The fourth-order valence-corrected chi connectivity index (χ4v) is 4.49.